The van der Waals surface area contributed by atoms with Crippen molar-refractivity contribution in [3.63, 3.8) is 0 Å². The SMILES string of the molecule is CC(N)C1CCCN(S(=O)(=O)c2c(Cl)cccc2Br)C1. The molecular formula is C13H18BrClN2O2S. The first-order valence-corrected chi connectivity index (χ1v) is 9.15. The third-order valence-corrected chi connectivity index (χ3v) is 7.00. The first kappa shape index (κ1) is 16.2. The molecule has 4 nitrogen and oxygen atoms in total. The van der Waals surface area contributed by atoms with Crippen LogP contribution in [0.4, 0.5) is 0 Å². The van der Waals surface area contributed by atoms with Gasteiger partial charge >= 0.3 is 0 Å². The Hall–Kier alpha value is -0.140. The Morgan fingerprint density at radius 3 is 2.80 bits per heavy atom. The van der Waals surface area contributed by atoms with Gasteiger partial charge in [-0.05, 0) is 53.7 Å². The van der Waals surface area contributed by atoms with E-state index in [0.29, 0.717) is 17.6 Å². The van der Waals surface area contributed by atoms with Crippen molar-refractivity contribution in [2.24, 2.45) is 11.7 Å². The van der Waals surface area contributed by atoms with Gasteiger partial charge in [-0.3, -0.25) is 0 Å². The zero-order valence-electron chi connectivity index (χ0n) is 11.2. The van der Waals surface area contributed by atoms with E-state index in [0.717, 1.165) is 12.8 Å². The molecule has 20 heavy (non-hydrogen) atoms. The highest BCUT2D eigenvalue weighted by atomic mass is 79.9. The van der Waals surface area contributed by atoms with E-state index in [1.165, 1.54) is 4.31 Å². The van der Waals surface area contributed by atoms with Crippen molar-refractivity contribution in [1.29, 1.82) is 0 Å². The number of hydrogen-bond donors (Lipinski definition) is 1. The van der Waals surface area contributed by atoms with Crippen LogP contribution < -0.4 is 5.73 Å². The number of hydrogen-bond acceptors (Lipinski definition) is 3. The highest BCUT2D eigenvalue weighted by Crippen LogP contribution is 2.33. The molecule has 2 atom stereocenters. The van der Waals surface area contributed by atoms with Gasteiger partial charge in [-0.2, -0.15) is 4.31 Å². The molecule has 0 bridgehead atoms. The number of rotatable bonds is 3. The number of piperidine rings is 1. The van der Waals surface area contributed by atoms with E-state index in [2.05, 4.69) is 15.9 Å². The first-order chi connectivity index (χ1) is 9.34. The zero-order chi connectivity index (χ0) is 14.9. The van der Waals surface area contributed by atoms with E-state index in [-0.39, 0.29) is 21.9 Å². The van der Waals surface area contributed by atoms with Gasteiger partial charge in [0.2, 0.25) is 10.0 Å². The lowest BCUT2D eigenvalue weighted by Gasteiger charge is -2.34. The van der Waals surface area contributed by atoms with Gasteiger partial charge in [-0.25, -0.2) is 8.42 Å². The van der Waals surface area contributed by atoms with E-state index >= 15 is 0 Å². The molecule has 1 saturated heterocycles. The molecule has 0 radical (unpaired) electrons. The molecule has 1 heterocycles. The second kappa shape index (κ2) is 6.32. The maximum absolute atomic E-state index is 12.8. The summed E-state index contributed by atoms with van der Waals surface area (Å²) >= 11 is 9.35. The largest absolute Gasteiger partial charge is 0.328 e. The zero-order valence-corrected chi connectivity index (χ0v) is 14.4. The van der Waals surface area contributed by atoms with Gasteiger partial charge in [-0.1, -0.05) is 17.7 Å². The highest BCUT2D eigenvalue weighted by Gasteiger charge is 2.33. The van der Waals surface area contributed by atoms with Gasteiger partial charge in [0.15, 0.2) is 0 Å². The maximum atomic E-state index is 12.8. The standard InChI is InChI=1S/C13H18BrClN2O2S/c1-9(16)10-4-3-7-17(8-10)20(18,19)13-11(14)5-2-6-12(13)15/h2,5-6,9-10H,3-4,7-8,16H2,1H3. The molecule has 112 valence electrons. The molecule has 0 aromatic heterocycles. The average Bonchev–Trinajstić information content (AvgIpc) is 2.38. The molecule has 2 unspecified atom stereocenters. The summed E-state index contributed by atoms with van der Waals surface area (Å²) in [5.41, 5.74) is 5.91. The van der Waals surface area contributed by atoms with E-state index in [9.17, 15) is 8.42 Å². The lowest BCUT2D eigenvalue weighted by molar-refractivity contribution is 0.243. The Labute approximate surface area is 133 Å². The van der Waals surface area contributed by atoms with Crippen molar-refractivity contribution >= 4 is 37.6 Å². The van der Waals surface area contributed by atoms with Gasteiger partial charge in [0.05, 0.1) is 5.02 Å². The lowest BCUT2D eigenvalue weighted by atomic mass is 9.93. The predicted octanol–water partition coefficient (Wildman–Crippen LogP) is 2.85. The van der Waals surface area contributed by atoms with Crippen LogP contribution in [0.2, 0.25) is 5.02 Å². The fourth-order valence-electron chi connectivity index (χ4n) is 2.48. The Bertz CT molecular complexity index is 572. The van der Waals surface area contributed by atoms with Crippen LogP contribution in [0.3, 0.4) is 0 Å². The highest BCUT2D eigenvalue weighted by molar-refractivity contribution is 9.10. The van der Waals surface area contributed by atoms with Crippen molar-refractivity contribution in [1.82, 2.24) is 4.31 Å². The van der Waals surface area contributed by atoms with E-state index in [1.807, 2.05) is 6.92 Å². The smallest absolute Gasteiger partial charge is 0.245 e. The van der Waals surface area contributed by atoms with Crippen molar-refractivity contribution in [3.05, 3.63) is 27.7 Å². The van der Waals surface area contributed by atoms with Gasteiger partial charge in [-0.15, -0.1) is 0 Å². The summed E-state index contributed by atoms with van der Waals surface area (Å²) < 4.78 is 27.5. The summed E-state index contributed by atoms with van der Waals surface area (Å²) in [6.45, 7) is 2.90. The van der Waals surface area contributed by atoms with Crippen LogP contribution in [0.25, 0.3) is 0 Å². The molecular weight excluding hydrogens is 364 g/mol. The van der Waals surface area contributed by atoms with Gasteiger partial charge in [0.1, 0.15) is 4.90 Å². The molecule has 1 aliphatic rings. The summed E-state index contributed by atoms with van der Waals surface area (Å²) in [7, 11) is -3.59. The lowest BCUT2D eigenvalue weighted by Crippen LogP contribution is -2.45. The van der Waals surface area contributed by atoms with Crippen LogP contribution >= 0.6 is 27.5 Å². The molecule has 0 saturated carbocycles. The van der Waals surface area contributed by atoms with E-state index < -0.39 is 10.0 Å². The molecule has 1 aromatic carbocycles. The van der Waals surface area contributed by atoms with Gasteiger partial charge in [0.25, 0.3) is 0 Å². The van der Waals surface area contributed by atoms with Crippen molar-refractivity contribution in [2.75, 3.05) is 13.1 Å². The monoisotopic (exact) mass is 380 g/mol. The molecule has 0 amide bonds. The summed E-state index contributed by atoms with van der Waals surface area (Å²) in [6.07, 6.45) is 1.79. The maximum Gasteiger partial charge on any atom is 0.245 e. The van der Waals surface area contributed by atoms with Crippen LogP contribution in [-0.2, 0) is 10.0 Å². The molecule has 2 rings (SSSR count). The summed E-state index contributed by atoms with van der Waals surface area (Å²) in [5.74, 6) is 0.194. The molecule has 1 fully saturated rings. The molecule has 2 N–H and O–H groups in total. The average molecular weight is 382 g/mol. The number of benzene rings is 1. The fraction of sp³-hybridized carbons (Fsp3) is 0.538. The van der Waals surface area contributed by atoms with E-state index in [1.54, 1.807) is 18.2 Å². The molecule has 0 spiro atoms. The third-order valence-electron chi connectivity index (χ3n) is 3.68. The van der Waals surface area contributed by atoms with Crippen molar-refractivity contribution in [2.45, 2.75) is 30.7 Å². The summed E-state index contributed by atoms with van der Waals surface area (Å²) in [6, 6.07) is 4.98. The normalized spacial score (nSPS) is 22.7. The minimum Gasteiger partial charge on any atom is -0.328 e. The topological polar surface area (TPSA) is 63.4 Å². The Morgan fingerprint density at radius 2 is 2.20 bits per heavy atom. The second-order valence-corrected chi connectivity index (χ2v) is 8.31. The van der Waals surface area contributed by atoms with Crippen molar-refractivity contribution in [3.8, 4) is 0 Å². The van der Waals surface area contributed by atoms with Crippen molar-refractivity contribution < 1.29 is 8.42 Å². The predicted molar refractivity (Wildman–Crippen MR) is 84.3 cm³/mol. The van der Waals surface area contributed by atoms with Crippen LogP contribution in [0, 0.1) is 5.92 Å². The Balaban J connectivity index is 2.35. The Kier molecular flexibility index (Phi) is 5.13. The van der Waals surface area contributed by atoms with Crippen LogP contribution in [0.1, 0.15) is 19.8 Å². The summed E-state index contributed by atoms with van der Waals surface area (Å²) in [4.78, 5) is 0.145. The van der Waals surface area contributed by atoms with Crippen LogP contribution in [0.5, 0.6) is 0 Å². The quantitative estimate of drug-likeness (QED) is 0.875. The second-order valence-electron chi connectivity index (χ2n) is 5.18. The Morgan fingerprint density at radius 1 is 1.50 bits per heavy atom. The first-order valence-electron chi connectivity index (χ1n) is 6.53. The number of sulfonamides is 1. The minimum absolute atomic E-state index is 0.0114. The minimum atomic E-state index is -3.59. The molecule has 1 aliphatic heterocycles. The van der Waals surface area contributed by atoms with E-state index in [4.69, 9.17) is 17.3 Å². The number of nitrogens with two attached hydrogens (primary N) is 1. The molecule has 7 heteroatoms. The number of halogens is 2. The molecule has 0 aliphatic carbocycles. The third kappa shape index (κ3) is 3.20. The summed E-state index contributed by atoms with van der Waals surface area (Å²) in [5, 5.41) is 0.238. The number of nitrogens with zero attached hydrogens (tertiary/aromatic N) is 1. The molecule has 1 aromatic rings. The van der Waals surface area contributed by atoms with Crippen LogP contribution in [-0.4, -0.2) is 31.9 Å². The van der Waals surface area contributed by atoms with Gasteiger partial charge < -0.3 is 5.73 Å². The fourth-order valence-corrected chi connectivity index (χ4v) is 5.68. The van der Waals surface area contributed by atoms with Gasteiger partial charge in [0, 0.05) is 23.6 Å². The van der Waals surface area contributed by atoms with Crippen LogP contribution in [0.15, 0.2) is 27.6 Å².